The van der Waals surface area contributed by atoms with Crippen molar-refractivity contribution in [2.24, 2.45) is 0 Å². The summed E-state index contributed by atoms with van der Waals surface area (Å²) >= 11 is -1.29. The van der Waals surface area contributed by atoms with Crippen molar-refractivity contribution >= 4 is 30.3 Å². The fraction of sp³-hybridized carbons (Fsp3) is 0.143. The molecule has 0 amide bonds. The monoisotopic (exact) mass is 699 g/mol. The van der Waals surface area contributed by atoms with E-state index < -0.39 is 58.5 Å². The average molecular weight is 700 g/mol. The molecule has 3 aromatic carbocycles. The van der Waals surface area contributed by atoms with Crippen molar-refractivity contribution < 1.29 is 57.7 Å². The first-order valence-electron chi connectivity index (χ1n) is 8.93. The second kappa shape index (κ2) is 9.27. The van der Waals surface area contributed by atoms with Gasteiger partial charge in [0.1, 0.15) is 0 Å². The van der Waals surface area contributed by atoms with E-state index in [9.17, 15) is 39.5 Å². The molecule has 0 bridgehead atoms. The van der Waals surface area contributed by atoms with Gasteiger partial charge >= 0.3 is 196 Å². The summed E-state index contributed by atoms with van der Waals surface area (Å²) in [5.41, 5.74) is -2.79. The van der Waals surface area contributed by atoms with Crippen LogP contribution in [-0.2, 0) is 36.7 Å². The van der Waals surface area contributed by atoms with Crippen LogP contribution in [-0.4, -0.2) is 0 Å². The van der Waals surface area contributed by atoms with Crippen LogP contribution in [0.2, 0.25) is 0 Å². The molecule has 0 fully saturated rings. The Bertz CT molecular complexity index is 948. The maximum atomic E-state index is 13.0. The number of rotatable bonds is 4. The third-order valence-electron chi connectivity index (χ3n) is 4.85. The molecule has 0 aliphatic rings. The van der Waals surface area contributed by atoms with Crippen LogP contribution in [0.4, 0.5) is 39.5 Å². The molecule has 0 aliphatic heterocycles. The van der Waals surface area contributed by atoms with Crippen LogP contribution < -0.4 is 15.9 Å². The molecular formula is C21H13AuClF9P. The Morgan fingerprint density at radius 1 is 0.455 bits per heavy atom. The minimum atomic E-state index is -4.61. The summed E-state index contributed by atoms with van der Waals surface area (Å²) in [5.74, 6) is 0. The predicted octanol–water partition coefficient (Wildman–Crippen LogP) is 6.92. The van der Waals surface area contributed by atoms with Crippen LogP contribution in [0.15, 0.2) is 72.8 Å². The Morgan fingerprint density at radius 2 is 0.667 bits per heavy atom. The Kier molecular flexibility index (Phi) is 7.33. The molecule has 0 radical (unpaired) electrons. The molecule has 0 spiro atoms. The van der Waals surface area contributed by atoms with Crippen molar-refractivity contribution in [1.82, 2.24) is 0 Å². The topological polar surface area (TPSA) is 0 Å². The fourth-order valence-corrected chi connectivity index (χ4v) is 16.5. The summed E-state index contributed by atoms with van der Waals surface area (Å²) in [6, 6.07) is 12.2. The molecule has 0 heterocycles. The Labute approximate surface area is 195 Å². The molecule has 3 aromatic rings. The third kappa shape index (κ3) is 5.43. The zero-order valence-corrected chi connectivity index (χ0v) is 19.9. The Hall–Kier alpha value is -1.51. The molecule has 0 saturated carbocycles. The molecule has 12 heteroatoms. The van der Waals surface area contributed by atoms with Gasteiger partial charge in [-0.25, -0.2) is 0 Å². The van der Waals surface area contributed by atoms with Crippen molar-refractivity contribution in [3.05, 3.63) is 89.5 Å². The molecule has 0 aromatic heterocycles. The molecule has 0 saturated heterocycles. The van der Waals surface area contributed by atoms with E-state index in [0.717, 1.165) is 36.4 Å². The molecule has 0 N–H and O–H groups in total. The number of benzene rings is 3. The molecule has 0 atom stereocenters. The van der Waals surface area contributed by atoms with Crippen molar-refractivity contribution in [2.45, 2.75) is 18.5 Å². The second-order valence-electron chi connectivity index (χ2n) is 6.88. The van der Waals surface area contributed by atoms with E-state index in [4.69, 9.17) is 9.19 Å². The van der Waals surface area contributed by atoms with Crippen LogP contribution >= 0.6 is 14.3 Å². The second-order valence-corrected chi connectivity index (χ2v) is 18.8. The van der Waals surface area contributed by atoms with Crippen molar-refractivity contribution in [3.8, 4) is 0 Å². The van der Waals surface area contributed by atoms with E-state index in [1.54, 1.807) is 0 Å². The quantitative estimate of drug-likeness (QED) is 0.158. The molecule has 0 nitrogen and oxygen atoms in total. The first-order chi connectivity index (χ1) is 15.2. The van der Waals surface area contributed by atoms with Crippen LogP contribution in [0.25, 0.3) is 0 Å². The molecule has 183 valence electrons. The van der Waals surface area contributed by atoms with Gasteiger partial charge in [-0.1, -0.05) is 0 Å². The van der Waals surface area contributed by atoms with Crippen LogP contribution in [0.5, 0.6) is 0 Å². The Morgan fingerprint density at radius 3 is 0.818 bits per heavy atom. The predicted molar refractivity (Wildman–Crippen MR) is 107 cm³/mol. The van der Waals surface area contributed by atoms with Gasteiger partial charge in [-0.15, -0.1) is 0 Å². The first-order valence-corrected chi connectivity index (χ1v) is 16.7. The minimum absolute atomic E-state index is 0.353. The zero-order chi connectivity index (χ0) is 24.7. The van der Waals surface area contributed by atoms with Gasteiger partial charge in [0.2, 0.25) is 0 Å². The molecular weight excluding hydrogens is 687 g/mol. The van der Waals surface area contributed by atoms with Crippen LogP contribution in [0, 0.1) is 0 Å². The number of halogens is 10. The summed E-state index contributed by atoms with van der Waals surface area (Å²) < 4.78 is 117. The molecule has 3 rings (SSSR count). The SMILES string of the molecule is FC(F)(F)c1ccc([PH]([Au][Cl])(c2ccc(C(F)(F)F)cc2)c2ccc(C(F)(F)F)cc2)cc1. The van der Waals surface area contributed by atoms with Gasteiger partial charge in [-0.3, -0.25) is 0 Å². The van der Waals surface area contributed by atoms with Gasteiger partial charge in [-0.2, -0.15) is 0 Å². The summed E-state index contributed by atoms with van der Waals surface area (Å²) in [4.78, 5) is 0. The first kappa shape index (κ1) is 26.1. The number of hydrogen-bond donors (Lipinski definition) is 0. The van der Waals surface area contributed by atoms with Gasteiger partial charge in [-0.05, 0) is 0 Å². The van der Waals surface area contributed by atoms with E-state index >= 15 is 0 Å². The van der Waals surface area contributed by atoms with Crippen molar-refractivity contribution in [2.75, 3.05) is 0 Å². The van der Waals surface area contributed by atoms with Crippen LogP contribution in [0.1, 0.15) is 16.7 Å². The van der Waals surface area contributed by atoms with E-state index in [-0.39, 0.29) is 0 Å². The van der Waals surface area contributed by atoms with Gasteiger partial charge in [0.25, 0.3) is 0 Å². The average Bonchev–Trinajstić information content (AvgIpc) is 2.74. The number of alkyl halides is 9. The summed E-state index contributed by atoms with van der Waals surface area (Å²) in [6.45, 7) is 0. The van der Waals surface area contributed by atoms with E-state index in [2.05, 4.69) is 0 Å². The molecule has 0 aliphatic carbocycles. The Balaban J connectivity index is 2.23. The van der Waals surface area contributed by atoms with Crippen molar-refractivity contribution in [1.29, 1.82) is 0 Å². The fourth-order valence-electron chi connectivity index (χ4n) is 3.23. The molecule has 0 unspecified atom stereocenters. The standard InChI is InChI=1S/C21H12F9P.Au.ClH/c22-19(23,24)13-1-7-16(8-2-13)31(17-9-3-14(4-10-17)20(25,26)27)18-11-5-15(6-12-18)21(28,29)30;;/h1-12H;;1H. The zero-order valence-electron chi connectivity index (χ0n) is 16.0. The van der Waals surface area contributed by atoms with E-state index in [0.29, 0.717) is 15.9 Å². The van der Waals surface area contributed by atoms with Gasteiger partial charge in [0.05, 0.1) is 0 Å². The van der Waals surface area contributed by atoms with Gasteiger partial charge in [0, 0.05) is 0 Å². The normalized spacial score (nSPS) is 13.9. The summed E-state index contributed by atoms with van der Waals surface area (Å²) in [7, 11) is 6.41. The molecule has 33 heavy (non-hydrogen) atoms. The van der Waals surface area contributed by atoms with Crippen molar-refractivity contribution in [3.63, 3.8) is 0 Å². The summed E-state index contributed by atoms with van der Waals surface area (Å²) in [6.07, 6.45) is -13.8. The third-order valence-corrected chi connectivity index (χ3v) is 19.9. The number of hydrogen-bond acceptors (Lipinski definition) is 0. The van der Waals surface area contributed by atoms with E-state index in [1.165, 1.54) is 36.4 Å². The van der Waals surface area contributed by atoms with Gasteiger partial charge < -0.3 is 0 Å². The summed E-state index contributed by atoms with van der Waals surface area (Å²) in [5, 5.41) is -2.32. The van der Waals surface area contributed by atoms with E-state index in [1.807, 2.05) is 0 Å². The van der Waals surface area contributed by atoms with Gasteiger partial charge in [0.15, 0.2) is 0 Å². The van der Waals surface area contributed by atoms with Crippen LogP contribution in [0.3, 0.4) is 0 Å². The maximum absolute atomic E-state index is 13.0.